The number of carboxylic acid groups (broad SMARTS) is 1. The molecule has 0 aliphatic carbocycles. The number of carbonyl (C=O) groups is 3. The molecule has 2 aliphatic heterocycles. The molecule has 10 heteroatoms. The van der Waals surface area contributed by atoms with Crippen LogP contribution < -0.4 is 10.9 Å². The zero-order valence-corrected chi connectivity index (χ0v) is 12.9. The quantitative estimate of drug-likeness (QED) is 0.520. The molecule has 0 spiro atoms. The number of fused-ring (bicyclic) bond motifs is 2. The Morgan fingerprint density at radius 2 is 1.84 bits per heavy atom. The number of carbonyl (C=O) groups excluding carboxylic acids is 2. The van der Waals surface area contributed by atoms with Crippen molar-refractivity contribution < 1.29 is 29.2 Å². The van der Waals surface area contributed by atoms with Crippen molar-refractivity contribution in [2.45, 2.75) is 25.0 Å². The second-order valence-corrected chi connectivity index (χ2v) is 5.93. The van der Waals surface area contributed by atoms with Crippen LogP contribution in [0.5, 0.6) is 0 Å². The lowest BCUT2D eigenvalue weighted by molar-refractivity contribution is -0.384. The van der Waals surface area contributed by atoms with Crippen LogP contribution in [-0.2, 0) is 14.3 Å². The molecule has 0 aromatic heterocycles. The SMILES string of the molecule is O=C(NNC(=O)C1C2CCC(O2)C1C(=O)O)c1cccc([N+](=O)[O-])c1. The van der Waals surface area contributed by atoms with Gasteiger partial charge in [-0.05, 0) is 18.9 Å². The van der Waals surface area contributed by atoms with Crippen LogP contribution in [0, 0.1) is 22.0 Å². The second-order valence-electron chi connectivity index (χ2n) is 5.93. The van der Waals surface area contributed by atoms with E-state index in [0.29, 0.717) is 12.8 Å². The molecule has 1 aromatic rings. The van der Waals surface area contributed by atoms with E-state index in [9.17, 15) is 29.6 Å². The first-order chi connectivity index (χ1) is 11.9. The summed E-state index contributed by atoms with van der Waals surface area (Å²) in [5.41, 5.74) is 4.08. The van der Waals surface area contributed by atoms with Gasteiger partial charge in [-0.2, -0.15) is 0 Å². The van der Waals surface area contributed by atoms with E-state index in [1.54, 1.807) is 0 Å². The lowest BCUT2D eigenvalue weighted by Crippen LogP contribution is -2.50. The van der Waals surface area contributed by atoms with Gasteiger partial charge in [0.15, 0.2) is 0 Å². The van der Waals surface area contributed by atoms with Crippen molar-refractivity contribution in [1.82, 2.24) is 10.9 Å². The van der Waals surface area contributed by atoms with E-state index >= 15 is 0 Å². The van der Waals surface area contributed by atoms with Gasteiger partial charge >= 0.3 is 5.97 Å². The van der Waals surface area contributed by atoms with Gasteiger partial charge in [0.1, 0.15) is 0 Å². The van der Waals surface area contributed by atoms with Crippen molar-refractivity contribution >= 4 is 23.5 Å². The maximum atomic E-state index is 12.3. The Kier molecular flexibility index (Phi) is 4.36. The summed E-state index contributed by atoms with van der Waals surface area (Å²) in [5.74, 6) is -4.35. The Bertz CT molecular complexity index is 750. The number of amides is 2. The number of aliphatic carboxylic acids is 1. The van der Waals surface area contributed by atoms with Gasteiger partial charge in [-0.1, -0.05) is 6.07 Å². The standard InChI is InChI=1S/C15H15N3O7/c19-13(7-2-1-3-8(6-7)18(23)24)16-17-14(20)11-9-4-5-10(25-9)12(11)15(21)22/h1-3,6,9-12H,4-5H2,(H,16,19)(H,17,20)(H,21,22). The molecule has 2 heterocycles. The van der Waals surface area contributed by atoms with Gasteiger partial charge in [-0.15, -0.1) is 0 Å². The van der Waals surface area contributed by atoms with Crippen molar-refractivity contribution in [2.75, 3.05) is 0 Å². The number of nitro groups is 1. The lowest BCUT2D eigenvalue weighted by atomic mass is 9.79. The third kappa shape index (κ3) is 3.15. The molecule has 0 radical (unpaired) electrons. The molecule has 2 fully saturated rings. The summed E-state index contributed by atoms with van der Waals surface area (Å²) in [6.45, 7) is 0. The van der Waals surface area contributed by atoms with Gasteiger partial charge in [0, 0.05) is 17.7 Å². The van der Waals surface area contributed by atoms with Gasteiger partial charge in [0.05, 0.1) is 29.0 Å². The Hall–Kier alpha value is -3.01. The average molecular weight is 349 g/mol. The molecule has 2 saturated heterocycles. The summed E-state index contributed by atoms with van der Waals surface area (Å²) >= 11 is 0. The smallest absolute Gasteiger partial charge is 0.310 e. The number of hydrogen-bond acceptors (Lipinski definition) is 6. The molecule has 2 amide bonds. The van der Waals surface area contributed by atoms with Crippen LogP contribution in [0.3, 0.4) is 0 Å². The highest BCUT2D eigenvalue weighted by Crippen LogP contribution is 2.43. The molecule has 2 bridgehead atoms. The van der Waals surface area contributed by atoms with Gasteiger partial charge in [-0.25, -0.2) is 0 Å². The fraction of sp³-hybridized carbons (Fsp3) is 0.400. The van der Waals surface area contributed by atoms with Gasteiger partial charge in [-0.3, -0.25) is 35.3 Å². The lowest BCUT2D eigenvalue weighted by Gasteiger charge is -2.23. The first-order valence-electron chi connectivity index (χ1n) is 7.61. The predicted octanol–water partition coefficient (Wildman–Crippen LogP) is 0.234. The second kappa shape index (κ2) is 6.48. The average Bonchev–Trinajstić information content (AvgIpc) is 3.20. The maximum Gasteiger partial charge on any atom is 0.310 e. The minimum absolute atomic E-state index is 0.00604. The van der Waals surface area contributed by atoms with E-state index in [-0.39, 0.29) is 11.3 Å². The summed E-state index contributed by atoms with van der Waals surface area (Å²) in [4.78, 5) is 45.7. The zero-order chi connectivity index (χ0) is 18.1. The van der Waals surface area contributed by atoms with Crippen LogP contribution in [0.15, 0.2) is 24.3 Å². The molecule has 25 heavy (non-hydrogen) atoms. The van der Waals surface area contributed by atoms with Crippen molar-refractivity contribution in [3.8, 4) is 0 Å². The first kappa shape index (κ1) is 16.8. The van der Waals surface area contributed by atoms with Crippen molar-refractivity contribution in [3.05, 3.63) is 39.9 Å². The number of benzene rings is 1. The van der Waals surface area contributed by atoms with Crippen LogP contribution in [0.2, 0.25) is 0 Å². The van der Waals surface area contributed by atoms with Gasteiger partial charge in [0.2, 0.25) is 5.91 Å². The number of ether oxygens (including phenoxy) is 1. The Balaban J connectivity index is 1.64. The number of carboxylic acids is 1. The van der Waals surface area contributed by atoms with Gasteiger partial charge in [0.25, 0.3) is 11.6 Å². The summed E-state index contributed by atoms with van der Waals surface area (Å²) in [6.07, 6.45) is 0.197. The summed E-state index contributed by atoms with van der Waals surface area (Å²) < 4.78 is 5.48. The summed E-state index contributed by atoms with van der Waals surface area (Å²) in [5, 5.41) is 20.0. The van der Waals surface area contributed by atoms with E-state index < -0.39 is 46.8 Å². The van der Waals surface area contributed by atoms with E-state index in [4.69, 9.17) is 4.74 Å². The van der Waals surface area contributed by atoms with Crippen molar-refractivity contribution in [3.63, 3.8) is 0 Å². The highest BCUT2D eigenvalue weighted by atomic mass is 16.6. The minimum Gasteiger partial charge on any atom is -0.481 e. The zero-order valence-electron chi connectivity index (χ0n) is 12.9. The first-order valence-corrected chi connectivity index (χ1v) is 7.61. The van der Waals surface area contributed by atoms with Crippen molar-refractivity contribution in [2.24, 2.45) is 11.8 Å². The molecule has 4 atom stereocenters. The Morgan fingerprint density at radius 1 is 1.16 bits per heavy atom. The number of non-ortho nitro benzene ring substituents is 1. The van der Waals surface area contributed by atoms with Crippen LogP contribution in [-0.4, -0.2) is 40.0 Å². The molecule has 0 saturated carbocycles. The van der Waals surface area contributed by atoms with Crippen LogP contribution in [0.25, 0.3) is 0 Å². The molecule has 132 valence electrons. The number of nitrogens with one attached hydrogen (secondary N) is 2. The number of hydrazine groups is 1. The topological polar surface area (TPSA) is 148 Å². The number of rotatable bonds is 4. The highest BCUT2D eigenvalue weighted by Gasteiger charge is 2.55. The predicted molar refractivity (Wildman–Crippen MR) is 81.2 cm³/mol. The maximum absolute atomic E-state index is 12.3. The van der Waals surface area contributed by atoms with E-state index in [2.05, 4.69) is 10.9 Å². The van der Waals surface area contributed by atoms with Crippen LogP contribution >= 0.6 is 0 Å². The fourth-order valence-electron chi connectivity index (χ4n) is 3.36. The van der Waals surface area contributed by atoms with E-state index in [1.807, 2.05) is 0 Å². The molecular weight excluding hydrogens is 334 g/mol. The number of nitro benzene ring substituents is 1. The highest BCUT2D eigenvalue weighted by molar-refractivity contribution is 5.96. The van der Waals surface area contributed by atoms with E-state index in [0.717, 1.165) is 6.07 Å². The molecule has 10 nitrogen and oxygen atoms in total. The normalized spacial score (nSPS) is 26.9. The van der Waals surface area contributed by atoms with Crippen LogP contribution in [0.1, 0.15) is 23.2 Å². The summed E-state index contributed by atoms with van der Waals surface area (Å²) in [6, 6.07) is 5.01. The Morgan fingerprint density at radius 3 is 2.48 bits per heavy atom. The molecule has 3 rings (SSSR count). The van der Waals surface area contributed by atoms with E-state index in [1.165, 1.54) is 18.2 Å². The Labute approximate surface area is 141 Å². The number of hydrogen-bond donors (Lipinski definition) is 3. The largest absolute Gasteiger partial charge is 0.481 e. The summed E-state index contributed by atoms with van der Waals surface area (Å²) in [7, 11) is 0. The minimum atomic E-state index is -1.11. The van der Waals surface area contributed by atoms with Crippen LogP contribution in [0.4, 0.5) is 5.69 Å². The third-order valence-corrected chi connectivity index (χ3v) is 4.48. The molecule has 3 N–H and O–H groups in total. The third-order valence-electron chi connectivity index (χ3n) is 4.48. The molecular formula is C15H15N3O7. The molecule has 2 aliphatic rings. The van der Waals surface area contributed by atoms with Gasteiger partial charge < -0.3 is 9.84 Å². The monoisotopic (exact) mass is 349 g/mol. The van der Waals surface area contributed by atoms with Crippen molar-refractivity contribution in [1.29, 1.82) is 0 Å². The molecule has 4 unspecified atom stereocenters. The molecule has 1 aromatic carbocycles. The fourth-order valence-corrected chi connectivity index (χ4v) is 3.36. The number of nitrogens with zero attached hydrogens (tertiary/aromatic N) is 1.